The summed E-state index contributed by atoms with van der Waals surface area (Å²) < 4.78 is 1.14. The molecule has 23 heavy (non-hydrogen) atoms. The van der Waals surface area contributed by atoms with Crippen LogP contribution in [0.4, 0.5) is 5.69 Å². The van der Waals surface area contributed by atoms with E-state index in [9.17, 15) is 14.9 Å². The van der Waals surface area contributed by atoms with Crippen molar-refractivity contribution in [3.63, 3.8) is 0 Å². The number of benzene rings is 2. The summed E-state index contributed by atoms with van der Waals surface area (Å²) in [6.07, 6.45) is 1.44. The van der Waals surface area contributed by atoms with Crippen LogP contribution in [0.5, 0.6) is 0 Å². The maximum atomic E-state index is 11.8. The van der Waals surface area contributed by atoms with Crippen LogP contribution in [-0.4, -0.2) is 26.0 Å². The number of aromatic amines is 1. The van der Waals surface area contributed by atoms with Crippen LogP contribution in [0.3, 0.4) is 0 Å². The van der Waals surface area contributed by atoms with E-state index < -0.39 is 10.6 Å². The van der Waals surface area contributed by atoms with Crippen LogP contribution in [-0.2, 0) is 0 Å². The van der Waals surface area contributed by atoms with E-state index in [0.29, 0.717) is 11.4 Å². The smallest absolute Gasteiger partial charge is 0.258 e. The second kappa shape index (κ2) is 6.06. The second-order valence-corrected chi connectivity index (χ2v) is 4.62. The first-order valence-corrected chi connectivity index (χ1v) is 6.67. The van der Waals surface area contributed by atoms with Crippen LogP contribution in [0.25, 0.3) is 11.4 Å². The van der Waals surface area contributed by atoms with Crippen molar-refractivity contribution in [1.82, 2.24) is 14.9 Å². The minimum atomic E-state index is -0.477. The Bertz CT molecular complexity index is 910. The van der Waals surface area contributed by atoms with Crippen LogP contribution in [0.1, 0.15) is 5.56 Å². The molecule has 1 heterocycles. The number of nitro benzene ring substituents is 1. The Hall–Kier alpha value is -3.55. The number of rotatable bonds is 4. The third-order valence-electron chi connectivity index (χ3n) is 3.11. The molecule has 3 aromatic rings. The van der Waals surface area contributed by atoms with Gasteiger partial charge in [0.15, 0.2) is 5.82 Å². The van der Waals surface area contributed by atoms with Gasteiger partial charge in [0.2, 0.25) is 0 Å². The molecule has 0 aliphatic carbocycles. The van der Waals surface area contributed by atoms with E-state index in [1.165, 1.54) is 18.3 Å². The van der Waals surface area contributed by atoms with Gasteiger partial charge in [0.05, 0.1) is 11.1 Å². The number of H-pyrrole nitrogens is 1. The Morgan fingerprint density at radius 2 is 1.83 bits per heavy atom. The van der Waals surface area contributed by atoms with Crippen LogP contribution >= 0.6 is 0 Å². The lowest BCUT2D eigenvalue weighted by Gasteiger charge is -1.99. The van der Waals surface area contributed by atoms with Gasteiger partial charge < -0.3 is 0 Å². The van der Waals surface area contributed by atoms with E-state index in [1.807, 2.05) is 30.3 Å². The molecule has 8 heteroatoms. The Labute approximate surface area is 129 Å². The molecular formula is C15H11N5O3. The number of aromatic nitrogens is 3. The van der Waals surface area contributed by atoms with Crippen LogP contribution < -0.4 is 5.69 Å². The summed E-state index contributed by atoms with van der Waals surface area (Å²) in [5.41, 5.74) is 0.893. The molecule has 0 aliphatic heterocycles. The number of nitrogens with zero attached hydrogens (tertiary/aromatic N) is 4. The zero-order chi connectivity index (χ0) is 16.2. The molecule has 3 rings (SSSR count). The largest absolute Gasteiger partial charge is 0.364 e. The molecule has 8 nitrogen and oxygen atoms in total. The first-order valence-electron chi connectivity index (χ1n) is 6.67. The monoisotopic (exact) mass is 309 g/mol. The highest BCUT2D eigenvalue weighted by Gasteiger charge is 2.09. The molecule has 0 saturated carbocycles. The Balaban J connectivity index is 1.93. The van der Waals surface area contributed by atoms with Crippen molar-refractivity contribution in [3.8, 4) is 11.4 Å². The normalized spacial score (nSPS) is 11.0. The topological polar surface area (TPSA) is 106 Å². The molecule has 1 aromatic heterocycles. The number of hydrogen-bond acceptors (Lipinski definition) is 5. The van der Waals surface area contributed by atoms with E-state index in [1.54, 1.807) is 12.1 Å². The quantitative estimate of drug-likeness (QED) is 0.452. The van der Waals surface area contributed by atoms with Crippen molar-refractivity contribution >= 4 is 11.9 Å². The van der Waals surface area contributed by atoms with E-state index in [-0.39, 0.29) is 5.69 Å². The highest BCUT2D eigenvalue weighted by atomic mass is 16.6. The number of nitrogens with one attached hydrogen (secondary N) is 1. The predicted molar refractivity (Wildman–Crippen MR) is 84.4 cm³/mol. The highest BCUT2D eigenvalue weighted by Crippen LogP contribution is 2.14. The fraction of sp³-hybridized carbons (Fsp3) is 0. The zero-order valence-electron chi connectivity index (χ0n) is 11.8. The van der Waals surface area contributed by atoms with Gasteiger partial charge in [0.1, 0.15) is 0 Å². The summed E-state index contributed by atoms with van der Waals surface area (Å²) in [6, 6.07) is 15.0. The summed E-state index contributed by atoms with van der Waals surface area (Å²) in [5.74, 6) is 0.383. The number of non-ortho nitro benzene ring substituents is 1. The maximum absolute atomic E-state index is 11.8. The van der Waals surface area contributed by atoms with E-state index >= 15 is 0 Å². The average molecular weight is 309 g/mol. The molecule has 0 unspecified atom stereocenters. The van der Waals surface area contributed by atoms with Gasteiger partial charge >= 0.3 is 5.69 Å². The molecule has 114 valence electrons. The van der Waals surface area contributed by atoms with Crippen molar-refractivity contribution in [2.45, 2.75) is 0 Å². The fourth-order valence-corrected chi connectivity index (χ4v) is 1.98. The summed E-state index contributed by atoms with van der Waals surface area (Å²) >= 11 is 0. The molecular weight excluding hydrogens is 298 g/mol. The van der Waals surface area contributed by atoms with Crippen LogP contribution in [0.2, 0.25) is 0 Å². The first-order chi connectivity index (χ1) is 11.1. The van der Waals surface area contributed by atoms with Crippen molar-refractivity contribution in [2.24, 2.45) is 5.10 Å². The molecule has 1 N–H and O–H groups in total. The Kier molecular flexibility index (Phi) is 3.79. The molecule has 0 bridgehead atoms. The molecule has 0 saturated heterocycles. The lowest BCUT2D eigenvalue weighted by atomic mass is 10.2. The van der Waals surface area contributed by atoms with Crippen molar-refractivity contribution in [3.05, 3.63) is 80.8 Å². The fourth-order valence-electron chi connectivity index (χ4n) is 1.98. The Morgan fingerprint density at radius 3 is 2.48 bits per heavy atom. The first kappa shape index (κ1) is 14.4. The van der Waals surface area contributed by atoms with E-state index in [0.717, 1.165) is 10.2 Å². The van der Waals surface area contributed by atoms with Crippen molar-refractivity contribution in [1.29, 1.82) is 0 Å². The summed E-state index contributed by atoms with van der Waals surface area (Å²) in [5, 5.41) is 21.0. The predicted octanol–water partition coefficient (Wildman–Crippen LogP) is 2.03. The molecule has 0 fully saturated rings. The summed E-state index contributed by atoms with van der Waals surface area (Å²) in [7, 11) is 0. The van der Waals surface area contributed by atoms with Crippen molar-refractivity contribution in [2.75, 3.05) is 0 Å². The van der Waals surface area contributed by atoms with E-state index in [2.05, 4.69) is 15.3 Å². The van der Waals surface area contributed by atoms with Gasteiger partial charge in [-0.3, -0.25) is 10.1 Å². The van der Waals surface area contributed by atoms with Gasteiger partial charge in [0, 0.05) is 17.7 Å². The van der Waals surface area contributed by atoms with Gasteiger partial charge in [-0.05, 0) is 17.7 Å². The van der Waals surface area contributed by atoms with E-state index in [4.69, 9.17) is 0 Å². The standard InChI is InChI=1S/C15H11N5O3/c21-15-18-17-14(12-4-2-1-3-5-12)19(15)16-10-11-6-8-13(9-7-11)20(22)23/h1-10H,(H,18,21)/b16-10-. The van der Waals surface area contributed by atoms with Crippen molar-refractivity contribution < 1.29 is 4.92 Å². The third kappa shape index (κ3) is 3.05. The Morgan fingerprint density at radius 1 is 1.13 bits per heavy atom. The molecule has 0 aliphatic rings. The molecule has 0 atom stereocenters. The van der Waals surface area contributed by atoms with Crippen LogP contribution in [0.15, 0.2) is 64.5 Å². The lowest BCUT2D eigenvalue weighted by Crippen LogP contribution is -2.13. The highest BCUT2D eigenvalue weighted by molar-refractivity contribution is 5.80. The maximum Gasteiger partial charge on any atom is 0.364 e. The van der Waals surface area contributed by atoms with Crippen LogP contribution in [0, 0.1) is 10.1 Å². The van der Waals surface area contributed by atoms with Gasteiger partial charge in [-0.1, -0.05) is 30.3 Å². The van der Waals surface area contributed by atoms with Gasteiger partial charge in [0.25, 0.3) is 5.69 Å². The molecule has 0 radical (unpaired) electrons. The van der Waals surface area contributed by atoms with Gasteiger partial charge in [-0.15, -0.1) is 0 Å². The van der Waals surface area contributed by atoms with Gasteiger partial charge in [-0.25, -0.2) is 9.89 Å². The summed E-state index contributed by atoms with van der Waals surface area (Å²) in [6.45, 7) is 0. The molecule has 0 spiro atoms. The molecule has 0 amide bonds. The number of hydrogen-bond donors (Lipinski definition) is 1. The zero-order valence-corrected chi connectivity index (χ0v) is 11.8. The minimum Gasteiger partial charge on any atom is -0.258 e. The lowest BCUT2D eigenvalue weighted by molar-refractivity contribution is -0.384. The third-order valence-corrected chi connectivity index (χ3v) is 3.11. The minimum absolute atomic E-state index is 0.00685. The molecule has 2 aromatic carbocycles. The SMILES string of the molecule is O=c1[nH]nc(-c2ccccc2)n1/N=C\c1ccc([N+](=O)[O-])cc1. The second-order valence-electron chi connectivity index (χ2n) is 4.62. The van der Waals surface area contributed by atoms with Gasteiger partial charge in [-0.2, -0.15) is 14.9 Å². The average Bonchev–Trinajstić information content (AvgIpc) is 2.95. The summed E-state index contributed by atoms with van der Waals surface area (Å²) in [4.78, 5) is 22.0. The number of nitro groups is 1.